The fourth-order valence-corrected chi connectivity index (χ4v) is 4.15. The molecule has 150 valence electrons. The third kappa shape index (κ3) is 4.78. The molecule has 1 heterocycles. The molecule has 0 spiro atoms. The Morgan fingerprint density at radius 3 is 2.45 bits per heavy atom. The number of carbonyl (C=O) groups is 2. The van der Waals surface area contributed by atoms with Crippen molar-refractivity contribution in [2.75, 3.05) is 20.8 Å². The normalized spacial score (nSPS) is 15.1. The Morgan fingerprint density at radius 2 is 1.83 bits per heavy atom. The van der Waals surface area contributed by atoms with Crippen molar-refractivity contribution < 1.29 is 24.2 Å². The number of methoxy groups -OCH3 is 2. The first kappa shape index (κ1) is 20.9. The van der Waals surface area contributed by atoms with E-state index in [0.29, 0.717) is 33.7 Å². The van der Waals surface area contributed by atoms with Gasteiger partial charge < -0.3 is 14.6 Å². The molecule has 0 unspecified atom stereocenters. The Hall–Kier alpha value is -2.84. The number of thioether (sulfide) groups is 1. The molecular weight excluding hydrogens is 410 g/mol. The van der Waals surface area contributed by atoms with Crippen LogP contribution in [0.3, 0.4) is 0 Å². The minimum absolute atomic E-state index is 0.150. The highest BCUT2D eigenvalue weighted by Gasteiger charge is 2.31. The molecule has 1 saturated heterocycles. The summed E-state index contributed by atoms with van der Waals surface area (Å²) >= 11 is 6.62. The van der Waals surface area contributed by atoms with Gasteiger partial charge in [-0.15, -0.1) is 0 Å². The number of hydrogen-bond donors (Lipinski definition) is 1. The van der Waals surface area contributed by atoms with Crippen molar-refractivity contribution in [1.29, 1.82) is 0 Å². The van der Waals surface area contributed by atoms with Gasteiger partial charge in [-0.1, -0.05) is 42.2 Å². The minimum atomic E-state index is -0.988. The summed E-state index contributed by atoms with van der Waals surface area (Å²) in [6.07, 6.45) is 2.34. The van der Waals surface area contributed by atoms with Crippen molar-refractivity contribution in [1.82, 2.24) is 4.90 Å². The van der Waals surface area contributed by atoms with Crippen LogP contribution in [0.25, 0.3) is 6.08 Å². The second-order valence-electron chi connectivity index (χ2n) is 6.20. The van der Waals surface area contributed by atoms with Crippen molar-refractivity contribution in [3.63, 3.8) is 0 Å². The fourth-order valence-electron chi connectivity index (χ4n) is 2.84. The molecule has 1 amide bonds. The highest BCUT2D eigenvalue weighted by atomic mass is 32.2. The average molecular weight is 430 g/mol. The molecule has 8 heteroatoms. The molecule has 0 saturated carbocycles. The van der Waals surface area contributed by atoms with Crippen LogP contribution in [0.15, 0.2) is 47.4 Å². The van der Waals surface area contributed by atoms with Crippen molar-refractivity contribution in [2.24, 2.45) is 0 Å². The SMILES string of the molecule is COc1ccc(CCN2C(=O)/C(=C\c3ccc(C(=O)O)cc3)SC2=S)cc1OC. The Kier molecular flexibility index (Phi) is 6.56. The van der Waals surface area contributed by atoms with Crippen LogP contribution in [0.5, 0.6) is 11.5 Å². The van der Waals surface area contributed by atoms with Crippen LogP contribution in [0.4, 0.5) is 0 Å². The molecule has 0 atom stereocenters. The first-order valence-corrected chi connectivity index (χ1v) is 9.95. The van der Waals surface area contributed by atoms with Gasteiger partial charge in [-0.25, -0.2) is 4.79 Å². The maximum Gasteiger partial charge on any atom is 0.335 e. The zero-order valence-electron chi connectivity index (χ0n) is 15.9. The summed E-state index contributed by atoms with van der Waals surface area (Å²) in [6.45, 7) is 0.454. The molecule has 1 fully saturated rings. The Morgan fingerprint density at radius 1 is 1.14 bits per heavy atom. The Bertz CT molecular complexity index is 985. The van der Waals surface area contributed by atoms with Gasteiger partial charge in [-0.2, -0.15) is 0 Å². The molecule has 29 heavy (non-hydrogen) atoms. The summed E-state index contributed by atoms with van der Waals surface area (Å²) in [5, 5.41) is 8.97. The topological polar surface area (TPSA) is 76.1 Å². The van der Waals surface area contributed by atoms with E-state index in [1.165, 1.54) is 23.9 Å². The van der Waals surface area contributed by atoms with Crippen molar-refractivity contribution in [3.8, 4) is 11.5 Å². The van der Waals surface area contributed by atoms with E-state index >= 15 is 0 Å². The van der Waals surface area contributed by atoms with Gasteiger partial charge in [-0.05, 0) is 47.9 Å². The van der Waals surface area contributed by atoms with Gasteiger partial charge in [0.05, 0.1) is 24.7 Å². The molecule has 2 aromatic carbocycles. The first-order valence-electron chi connectivity index (χ1n) is 8.72. The van der Waals surface area contributed by atoms with Gasteiger partial charge in [0.2, 0.25) is 0 Å². The molecule has 1 aliphatic rings. The zero-order chi connectivity index (χ0) is 21.0. The van der Waals surface area contributed by atoms with E-state index in [1.54, 1.807) is 37.3 Å². The van der Waals surface area contributed by atoms with Crippen LogP contribution in [0, 0.1) is 0 Å². The van der Waals surface area contributed by atoms with E-state index in [-0.39, 0.29) is 11.5 Å². The number of carboxylic acid groups (broad SMARTS) is 1. The van der Waals surface area contributed by atoms with Crippen molar-refractivity contribution in [3.05, 3.63) is 64.1 Å². The summed E-state index contributed by atoms with van der Waals surface area (Å²) in [6, 6.07) is 12.0. The summed E-state index contributed by atoms with van der Waals surface area (Å²) in [5.41, 5.74) is 1.95. The molecule has 2 aromatic rings. The number of carbonyl (C=O) groups excluding carboxylic acids is 1. The van der Waals surface area contributed by atoms with E-state index in [2.05, 4.69) is 0 Å². The molecule has 3 rings (SSSR count). The fraction of sp³-hybridized carbons (Fsp3) is 0.190. The number of ether oxygens (including phenoxy) is 2. The first-order chi connectivity index (χ1) is 13.9. The summed E-state index contributed by atoms with van der Waals surface area (Å²) in [7, 11) is 3.16. The molecular formula is C21H19NO5S2. The number of hydrogen-bond acceptors (Lipinski definition) is 6. The second kappa shape index (κ2) is 9.11. The zero-order valence-corrected chi connectivity index (χ0v) is 17.5. The number of carboxylic acids is 1. The lowest BCUT2D eigenvalue weighted by Crippen LogP contribution is -2.30. The van der Waals surface area contributed by atoms with Crippen LogP contribution in [0.2, 0.25) is 0 Å². The lowest BCUT2D eigenvalue weighted by Gasteiger charge is -2.15. The third-order valence-electron chi connectivity index (χ3n) is 4.40. The quantitative estimate of drug-likeness (QED) is 0.529. The minimum Gasteiger partial charge on any atom is -0.493 e. The highest BCUT2D eigenvalue weighted by molar-refractivity contribution is 8.26. The van der Waals surface area contributed by atoms with Crippen molar-refractivity contribution in [2.45, 2.75) is 6.42 Å². The molecule has 0 aliphatic carbocycles. The standard InChI is InChI=1S/C21H19NO5S2/c1-26-16-8-5-14(11-17(16)27-2)9-10-22-19(23)18(29-21(22)28)12-13-3-6-15(7-4-13)20(24)25/h3-8,11-12H,9-10H2,1-2H3,(H,24,25)/b18-12+. The smallest absolute Gasteiger partial charge is 0.335 e. The van der Waals surface area contributed by atoms with Crippen LogP contribution in [0.1, 0.15) is 21.5 Å². The highest BCUT2D eigenvalue weighted by Crippen LogP contribution is 2.33. The number of rotatable bonds is 7. The largest absolute Gasteiger partial charge is 0.493 e. The van der Waals surface area contributed by atoms with Gasteiger partial charge in [0.1, 0.15) is 4.32 Å². The van der Waals surface area contributed by atoms with E-state index in [9.17, 15) is 9.59 Å². The third-order valence-corrected chi connectivity index (χ3v) is 5.78. The van der Waals surface area contributed by atoms with Crippen LogP contribution in [-0.4, -0.2) is 47.0 Å². The van der Waals surface area contributed by atoms with Gasteiger partial charge in [0.15, 0.2) is 11.5 Å². The summed E-state index contributed by atoms with van der Waals surface area (Å²) in [4.78, 5) is 25.8. The Labute approximate surface area is 178 Å². The molecule has 0 radical (unpaired) electrons. The predicted octanol–water partition coefficient (Wildman–Crippen LogP) is 3.85. The predicted molar refractivity (Wildman–Crippen MR) is 117 cm³/mol. The van der Waals surface area contributed by atoms with Crippen LogP contribution < -0.4 is 9.47 Å². The number of thiocarbonyl (C=S) groups is 1. The molecule has 0 bridgehead atoms. The van der Waals surface area contributed by atoms with Crippen LogP contribution in [-0.2, 0) is 11.2 Å². The van der Waals surface area contributed by atoms with Gasteiger partial charge >= 0.3 is 5.97 Å². The van der Waals surface area contributed by atoms with Crippen molar-refractivity contribution >= 4 is 46.3 Å². The number of aromatic carboxylic acids is 1. The summed E-state index contributed by atoms with van der Waals surface area (Å²) in [5.74, 6) is 0.152. The molecule has 6 nitrogen and oxygen atoms in total. The number of amides is 1. The van der Waals surface area contributed by atoms with Gasteiger partial charge in [0.25, 0.3) is 5.91 Å². The number of benzene rings is 2. The van der Waals surface area contributed by atoms with E-state index in [0.717, 1.165) is 11.1 Å². The van der Waals surface area contributed by atoms with Crippen LogP contribution >= 0.6 is 24.0 Å². The van der Waals surface area contributed by atoms with E-state index < -0.39 is 5.97 Å². The lowest BCUT2D eigenvalue weighted by atomic mass is 10.1. The second-order valence-corrected chi connectivity index (χ2v) is 7.88. The van der Waals surface area contributed by atoms with Gasteiger partial charge in [0, 0.05) is 6.54 Å². The van der Waals surface area contributed by atoms with Gasteiger partial charge in [-0.3, -0.25) is 9.69 Å². The molecule has 1 N–H and O–H groups in total. The maximum atomic E-state index is 12.8. The monoisotopic (exact) mass is 429 g/mol. The maximum absolute atomic E-state index is 12.8. The average Bonchev–Trinajstić information content (AvgIpc) is 2.99. The lowest BCUT2D eigenvalue weighted by molar-refractivity contribution is -0.122. The number of nitrogens with zero attached hydrogens (tertiary/aromatic N) is 1. The van der Waals surface area contributed by atoms with E-state index in [1.807, 2.05) is 18.2 Å². The molecule has 0 aromatic heterocycles. The Balaban J connectivity index is 1.69. The van der Waals surface area contributed by atoms with E-state index in [4.69, 9.17) is 26.8 Å². The summed E-state index contributed by atoms with van der Waals surface area (Å²) < 4.78 is 11.1. The molecule has 1 aliphatic heterocycles.